The van der Waals surface area contributed by atoms with Crippen molar-refractivity contribution in [3.8, 4) is 0 Å². The number of ether oxygens (including phenoxy) is 2. The maximum absolute atomic E-state index is 11.7. The number of nitrogens with two attached hydrogens (primary N) is 1. The van der Waals surface area contributed by atoms with Gasteiger partial charge in [0.25, 0.3) is 0 Å². The highest BCUT2D eigenvalue weighted by atomic mass is 16.6. The third-order valence-corrected chi connectivity index (χ3v) is 3.56. The Bertz CT molecular complexity index is 225. The van der Waals surface area contributed by atoms with Crippen molar-refractivity contribution < 1.29 is 14.3 Å². The zero-order valence-electron chi connectivity index (χ0n) is 10.9. The van der Waals surface area contributed by atoms with Crippen molar-refractivity contribution in [1.29, 1.82) is 0 Å². The number of esters is 1. The summed E-state index contributed by atoms with van der Waals surface area (Å²) in [5.41, 5.74) is 5.83. The molecule has 0 saturated heterocycles. The zero-order valence-corrected chi connectivity index (χ0v) is 10.9. The minimum atomic E-state index is -0.128. The Hall–Kier alpha value is -0.610. The van der Waals surface area contributed by atoms with Crippen molar-refractivity contribution in [2.75, 3.05) is 26.4 Å². The van der Waals surface area contributed by atoms with Crippen LogP contribution in [-0.2, 0) is 14.3 Å². The van der Waals surface area contributed by atoms with Gasteiger partial charge in [0.1, 0.15) is 6.61 Å². The van der Waals surface area contributed by atoms with Crippen LogP contribution in [0.1, 0.15) is 45.4 Å². The van der Waals surface area contributed by atoms with Crippen molar-refractivity contribution >= 4 is 5.97 Å². The molecule has 17 heavy (non-hydrogen) atoms. The molecular weight excluding hydrogens is 218 g/mol. The molecule has 4 heteroatoms. The Morgan fingerprint density at radius 3 is 2.53 bits per heavy atom. The van der Waals surface area contributed by atoms with Crippen LogP contribution in [0.4, 0.5) is 0 Å². The third kappa shape index (κ3) is 5.04. The fraction of sp³-hybridized carbons (Fsp3) is 0.923. The average Bonchev–Trinajstić information content (AvgIpc) is 2.36. The first-order chi connectivity index (χ1) is 8.22. The van der Waals surface area contributed by atoms with Gasteiger partial charge in [-0.15, -0.1) is 0 Å². The molecule has 1 fully saturated rings. The highest BCUT2D eigenvalue weighted by Gasteiger charge is 2.33. The zero-order chi connectivity index (χ0) is 12.6. The number of hydrogen-bond donors (Lipinski definition) is 1. The van der Waals surface area contributed by atoms with E-state index in [1.165, 1.54) is 19.3 Å². The van der Waals surface area contributed by atoms with Gasteiger partial charge < -0.3 is 15.2 Å². The van der Waals surface area contributed by atoms with Gasteiger partial charge in [-0.25, -0.2) is 0 Å². The molecule has 0 aromatic rings. The van der Waals surface area contributed by atoms with Crippen LogP contribution in [0.5, 0.6) is 0 Å². The number of rotatable bonds is 7. The quantitative estimate of drug-likeness (QED) is 0.547. The minimum Gasteiger partial charge on any atom is -0.463 e. The average molecular weight is 243 g/mol. The molecule has 0 radical (unpaired) electrons. The predicted molar refractivity (Wildman–Crippen MR) is 66.6 cm³/mol. The normalized spacial score (nSPS) is 18.9. The first kappa shape index (κ1) is 14.5. The maximum atomic E-state index is 11.7. The lowest BCUT2D eigenvalue weighted by Crippen LogP contribution is -2.35. The monoisotopic (exact) mass is 243 g/mol. The lowest BCUT2D eigenvalue weighted by atomic mass is 9.72. The van der Waals surface area contributed by atoms with Gasteiger partial charge in [-0.3, -0.25) is 4.79 Å². The van der Waals surface area contributed by atoms with Gasteiger partial charge in [-0.05, 0) is 31.7 Å². The van der Waals surface area contributed by atoms with Crippen LogP contribution in [0.2, 0.25) is 0 Å². The summed E-state index contributed by atoms with van der Waals surface area (Å²) in [5.74, 6) is -0.128. The molecule has 0 spiro atoms. The van der Waals surface area contributed by atoms with Crippen molar-refractivity contribution in [3.63, 3.8) is 0 Å². The van der Waals surface area contributed by atoms with E-state index < -0.39 is 0 Å². The molecule has 4 nitrogen and oxygen atoms in total. The lowest BCUT2D eigenvalue weighted by molar-refractivity contribution is -0.148. The van der Waals surface area contributed by atoms with Gasteiger partial charge in [0, 0.05) is 6.61 Å². The topological polar surface area (TPSA) is 61.5 Å². The van der Waals surface area contributed by atoms with Crippen molar-refractivity contribution in [3.05, 3.63) is 0 Å². The van der Waals surface area contributed by atoms with E-state index in [4.69, 9.17) is 15.2 Å². The van der Waals surface area contributed by atoms with Gasteiger partial charge >= 0.3 is 5.97 Å². The van der Waals surface area contributed by atoms with Crippen LogP contribution < -0.4 is 5.73 Å². The Balaban J connectivity index is 2.27. The number of carbonyl (C=O) groups is 1. The smallest absolute Gasteiger partial charge is 0.306 e. The van der Waals surface area contributed by atoms with Gasteiger partial charge in [0.05, 0.1) is 13.0 Å². The summed E-state index contributed by atoms with van der Waals surface area (Å²) in [5, 5.41) is 0. The van der Waals surface area contributed by atoms with Crippen LogP contribution in [-0.4, -0.2) is 32.3 Å². The van der Waals surface area contributed by atoms with E-state index in [0.717, 1.165) is 12.8 Å². The molecule has 2 N–H and O–H groups in total. The van der Waals surface area contributed by atoms with Crippen LogP contribution in [0.25, 0.3) is 0 Å². The van der Waals surface area contributed by atoms with E-state index in [1.54, 1.807) is 0 Å². The second kappa shape index (κ2) is 7.67. The van der Waals surface area contributed by atoms with E-state index in [2.05, 4.69) is 0 Å². The fourth-order valence-corrected chi connectivity index (χ4v) is 2.47. The van der Waals surface area contributed by atoms with E-state index in [-0.39, 0.29) is 11.4 Å². The van der Waals surface area contributed by atoms with Gasteiger partial charge in [-0.1, -0.05) is 19.3 Å². The second-order valence-corrected chi connectivity index (χ2v) is 4.86. The summed E-state index contributed by atoms with van der Waals surface area (Å²) in [4.78, 5) is 11.7. The summed E-state index contributed by atoms with van der Waals surface area (Å²) in [6, 6.07) is 0. The summed E-state index contributed by atoms with van der Waals surface area (Å²) in [6.07, 6.45) is 6.22. The number of carbonyl (C=O) groups excluding carboxylic acids is 1. The Morgan fingerprint density at radius 2 is 1.94 bits per heavy atom. The molecule has 100 valence electrons. The number of hydrogen-bond acceptors (Lipinski definition) is 4. The predicted octanol–water partition coefficient (Wildman–Crippen LogP) is 1.87. The third-order valence-electron chi connectivity index (χ3n) is 3.56. The Kier molecular flexibility index (Phi) is 6.52. The molecule has 0 aromatic heterocycles. The fourth-order valence-electron chi connectivity index (χ4n) is 2.47. The summed E-state index contributed by atoms with van der Waals surface area (Å²) in [6.45, 7) is 4.01. The van der Waals surface area contributed by atoms with Crippen molar-refractivity contribution in [2.45, 2.75) is 45.4 Å². The highest BCUT2D eigenvalue weighted by molar-refractivity contribution is 5.70. The molecule has 1 rings (SSSR count). The Labute approximate surface area is 104 Å². The van der Waals surface area contributed by atoms with Gasteiger partial charge in [-0.2, -0.15) is 0 Å². The lowest BCUT2D eigenvalue weighted by Gasteiger charge is -2.35. The molecule has 0 unspecified atom stereocenters. The molecule has 0 aromatic carbocycles. The molecular formula is C13H25NO3. The maximum Gasteiger partial charge on any atom is 0.306 e. The first-order valence-electron chi connectivity index (χ1n) is 6.66. The van der Waals surface area contributed by atoms with Crippen LogP contribution in [0, 0.1) is 5.41 Å². The molecule has 1 saturated carbocycles. The molecule has 1 aliphatic rings. The molecule has 0 amide bonds. The summed E-state index contributed by atoms with van der Waals surface area (Å²) < 4.78 is 10.3. The second-order valence-electron chi connectivity index (χ2n) is 4.86. The van der Waals surface area contributed by atoms with Crippen LogP contribution in [0.3, 0.4) is 0 Å². The molecule has 0 aliphatic heterocycles. The SMILES string of the molecule is CCOCCOC(=O)CC1(CN)CCCCC1. The van der Waals surface area contributed by atoms with Crippen LogP contribution in [0.15, 0.2) is 0 Å². The minimum absolute atomic E-state index is 0.000939. The largest absolute Gasteiger partial charge is 0.463 e. The standard InChI is InChI=1S/C13H25NO3/c1-2-16-8-9-17-12(15)10-13(11-14)6-4-3-5-7-13/h2-11,14H2,1H3. The van der Waals surface area contributed by atoms with E-state index in [1.807, 2.05) is 6.92 Å². The molecule has 1 aliphatic carbocycles. The molecule has 0 atom stereocenters. The van der Waals surface area contributed by atoms with E-state index in [0.29, 0.717) is 32.8 Å². The Morgan fingerprint density at radius 1 is 1.24 bits per heavy atom. The van der Waals surface area contributed by atoms with E-state index >= 15 is 0 Å². The molecule has 0 heterocycles. The summed E-state index contributed by atoms with van der Waals surface area (Å²) >= 11 is 0. The van der Waals surface area contributed by atoms with Crippen molar-refractivity contribution in [2.24, 2.45) is 11.1 Å². The summed E-state index contributed by atoms with van der Waals surface area (Å²) in [7, 11) is 0. The molecule has 0 bridgehead atoms. The highest BCUT2D eigenvalue weighted by Crippen LogP contribution is 2.38. The van der Waals surface area contributed by atoms with Gasteiger partial charge in [0.2, 0.25) is 0 Å². The van der Waals surface area contributed by atoms with Crippen molar-refractivity contribution in [1.82, 2.24) is 0 Å². The first-order valence-corrected chi connectivity index (χ1v) is 6.66. The van der Waals surface area contributed by atoms with Crippen LogP contribution >= 0.6 is 0 Å². The van der Waals surface area contributed by atoms with Gasteiger partial charge in [0.15, 0.2) is 0 Å². The van der Waals surface area contributed by atoms with E-state index in [9.17, 15) is 4.79 Å².